The van der Waals surface area contributed by atoms with Crippen molar-refractivity contribution in [2.75, 3.05) is 6.61 Å². The van der Waals surface area contributed by atoms with Crippen LogP contribution in [-0.4, -0.2) is 26.2 Å². The highest BCUT2D eigenvalue weighted by atomic mass is 35.5. The lowest BCUT2D eigenvalue weighted by atomic mass is 10.0. The van der Waals surface area contributed by atoms with Crippen LogP contribution in [0.5, 0.6) is 5.88 Å². The average molecular weight is 365 g/mol. The van der Waals surface area contributed by atoms with E-state index in [1.54, 1.807) is 16.8 Å². The Kier molecular flexibility index (Phi) is 4.31. The van der Waals surface area contributed by atoms with Crippen molar-refractivity contribution in [2.24, 2.45) is 0 Å². The van der Waals surface area contributed by atoms with Gasteiger partial charge in [-0.25, -0.2) is 14.5 Å². The van der Waals surface area contributed by atoms with Gasteiger partial charge in [0, 0.05) is 23.4 Å². The number of aromatic nitrogens is 4. The average Bonchev–Trinajstić information content (AvgIpc) is 3.01. The molecule has 130 valence electrons. The third kappa shape index (κ3) is 3.02. The van der Waals surface area contributed by atoms with Gasteiger partial charge in [0.2, 0.25) is 5.88 Å². The van der Waals surface area contributed by atoms with Gasteiger partial charge in [0.15, 0.2) is 5.65 Å². The molecule has 1 aromatic carbocycles. The first-order valence-corrected chi connectivity index (χ1v) is 8.75. The second kappa shape index (κ2) is 6.77. The van der Waals surface area contributed by atoms with Crippen molar-refractivity contribution < 1.29 is 4.74 Å². The predicted octanol–water partition coefficient (Wildman–Crippen LogP) is 4.82. The van der Waals surface area contributed by atoms with Gasteiger partial charge < -0.3 is 4.74 Å². The maximum absolute atomic E-state index is 6.14. The molecule has 3 heterocycles. The maximum atomic E-state index is 6.14. The van der Waals surface area contributed by atoms with Crippen LogP contribution >= 0.6 is 11.6 Å². The van der Waals surface area contributed by atoms with Crippen molar-refractivity contribution >= 4 is 17.2 Å². The first-order valence-electron chi connectivity index (χ1n) is 8.37. The number of fused-ring (bicyclic) bond motifs is 1. The zero-order chi connectivity index (χ0) is 18.1. The molecule has 6 heteroatoms. The molecule has 0 aliphatic heterocycles. The van der Waals surface area contributed by atoms with Gasteiger partial charge in [-0.1, -0.05) is 35.4 Å². The third-order valence-corrected chi connectivity index (χ3v) is 4.24. The Balaban J connectivity index is 2.01. The summed E-state index contributed by atoms with van der Waals surface area (Å²) in [6.45, 7) is 4.55. The minimum atomic E-state index is 0.408. The van der Waals surface area contributed by atoms with Gasteiger partial charge >= 0.3 is 0 Å². The summed E-state index contributed by atoms with van der Waals surface area (Å²) in [5.41, 5.74) is 5.55. The van der Waals surface area contributed by atoms with E-state index in [0.29, 0.717) is 17.6 Å². The van der Waals surface area contributed by atoms with E-state index in [-0.39, 0.29) is 0 Å². The van der Waals surface area contributed by atoms with E-state index in [2.05, 4.69) is 29.1 Å². The first kappa shape index (κ1) is 16.5. The summed E-state index contributed by atoms with van der Waals surface area (Å²) in [6.07, 6.45) is 1.73. The number of hydrogen-bond acceptors (Lipinski definition) is 4. The van der Waals surface area contributed by atoms with Crippen LogP contribution in [0.4, 0.5) is 0 Å². The molecule has 0 spiro atoms. The molecule has 0 saturated carbocycles. The van der Waals surface area contributed by atoms with Crippen LogP contribution in [0.15, 0.2) is 54.7 Å². The lowest BCUT2D eigenvalue weighted by Gasteiger charge is -2.08. The molecule has 0 fully saturated rings. The van der Waals surface area contributed by atoms with E-state index in [1.807, 2.05) is 37.3 Å². The van der Waals surface area contributed by atoms with Gasteiger partial charge in [0.05, 0.1) is 12.3 Å². The van der Waals surface area contributed by atoms with Crippen molar-refractivity contribution in [1.29, 1.82) is 0 Å². The molecule has 26 heavy (non-hydrogen) atoms. The van der Waals surface area contributed by atoms with Gasteiger partial charge in [-0.3, -0.25) is 0 Å². The molecule has 0 saturated heterocycles. The zero-order valence-corrected chi connectivity index (χ0v) is 15.2. The minimum absolute atomic E-state index is 0.408. The summed E-state index contributed by atoms with van der Waals surface area (Å²) in [5.74, 6) is 0.567. The lowest BCUT2D eigenvalue weighted by Crippen LogP contribution is -1.97. The fourth-order valence-corrected chi connectivity index (χ4v) is 3.09. The second-order valence-corrected chi connectivity index (χ2v) is 6.31. The van der Waals surface area contributed by atoms with E-state index >= 15 is 0 Å². The van der Waals surface area contributed by atoms with Crippen molar-refractivity contribution in [1.82, 2.24) is 19.6 Å². The SMILES string of the molecule is CCOc1cc(-c2c(-c3cccc(C)c3)nc3ccc(Cl)nn23)ccn1. The Labute approximate surface area is 156 Å². The van der Waals surface area contributed by atoms with E-state index in [9.17, 15) is 0 Å². The highest BCUT2D eigenvalue weighted by Crippen LogP contribution is 2.33. The van der Waals surface area contributed by atoms with Gasteiger partial charge in [-0.2, -0.15) is 5.10 Å². The molecule has 0 unspecified atom stereocenters. The molecule has 0 aliphatic rings. The number of nitrogens with zero attached hydrogens (tertiary/aromatic N) is 4. The van der Waals surface area contributed by atoms with Crippen molar-refractivity contribution in [3.8, 4) is 28.4 Å². The van der Waals surface area contributed by atoms with Crippen LogP contribution in [0.3, 0.4) is 0 Å². The molecule has 0 bridgehead atoms. The van der Waals surface area contributed by atoms with Crippen molar-refractivity contribution in [3.63, 3.8) is 0 Å². The molecule has 0 N–H and O–H groups in total. The van der Waals surface area contributed by atoms with E-state index in [0.717, 1.165) is 28.2 Å². The molecule has 4 aromatic rings. The lowest BCUT2D eigenvalue weighted by molar-refractivity contribution is 0.327. The van der Waals surface area contributed by atoms with Crippen LogP contribution in [0.2, 0.25) is 5.15 Å². The molecule has 5 nitrogen and oxygen atoms in total. The maximum Gasteiger partial charge on any atom is 0.213 e. The van der Waals surface area contributed by atoms with Gasteiger partial charge in [0.1, 0.15) is 10.8 Å². The molecule has 0 amide bonds. The molecule has 0 radical (unpaired) electrons. The van der Waals surface area contributed by atoms with Crippen LogP contribution in [-0.2, 0) is 0 Å². The van der Waals surface area contributed by atoms with Gasteiger partial charge in [0.25, 0.3) is 0 Å². The fraction of sp³-hybridized carbons (Fsp3) is 0.150. The Morgan fingerprint density at radius 1 is 1.08 bits per heavy atom. The number of benzene rings is 1. The fourth-order valence-electron chi connectivity index (χ4n) is 2.95. The number of rotatable bonds is 4. The molecule has 4 rings (SSSR count). The standard InChI is InChI=1S/C20H17ClN4O/c1-3-26-18-12-15(9-10-22-18)20-19(14-6-4-5-13(2)11-14)23-17-8-7-16(21)24-25(17)20/h4-12H,3H2,1-2H3. The van der Waals surface area contributed by atoms with E-state index in [4.69, 9.17) is 21.3 Å². The quantitative estimate of drug-likeness (QED) is 0.521. The molecular formula is C20H17ClN4O. The number of hydrogen-bond donors (Lipinski definition) is 0. The number of ether oxygens (including phenoxy) is 1. The first-order chi connectivity index (χ1) is 12.7. The van der Waals surface area contributed by atoms with Crippen molar-refractivity contribution in [3.05, 3.63) is 65.4 Å². The normalized spacial score (nSPS) is 11.0. The summed E-state index contributed by atoms with van der Waals surface area (Å²) in [4.78, 5) is 9.05. The summed E-state index contributed by atoms with van der Waals surface area (Å²) in [6, 6.07) is 15.7. The monoisotopic (exact) mass is 364 g/mol. The highest BCUT2D eigenvalue weighted by molar-refractivity contribution is 6.29. The molecule has 0 aliphatic carbocycles. The number of pyridine rings is 1. The topological polar surface area (TPSA) is 52.3 Å². The molecule has 0 atom stereocenters. The van der Waals surface area contributed by atoms with Crippen LogP contribution in [0, 0.1) is 6.92 Å². The smallest absolute Gasteiger partial charge is 0.213 e. The Morgan fingerprint density at radius 2 is 1.96 bits per heavy atom. The van der Waals surface area contributed by atoms with E-state index in [1.165, 1.54) is 5.56 Å². The van der Waals surface area contributed by atoms with Gasteiger partial charge in [-0.15, -0.1) is 0 Å². The predicted molar refractivity (Wildman–Crippen MR) is 103 cm³/mol. The Morgan fingerprint density at radius 3 is 2.77 bits per heavy atom. The summed E-state index contributed by atoms with van der Waals surface area (Å²) < 4.78 is 7.33. The van der Waals surface area contributed by atoms with Crippen molar-refractivity contribution in [2.45, 2.75) is 13.8 Å². The van der Waals surface area contributed by atoms with Crippen LogP contribution in [0.25, 0.3) is 28.2 Å². The minimum Gasteiger partial charge on any atom is -0.478 e. The second-order valence-electron chi connectivity index (χ2n) is 5.92. The number of imidazole rings is 1. The zero-order valence-electron chi connectivity index (χ0n) is 14.5. The van der Waals surface area contributed by atoms with Crippen LogP contribution in [0.1, 0.15) is 12.5 Å². The Bertz CT molecular complexity index is 1090. The Hall–Kier alpha value is -2.92. The molecular weight excluding hydrogens is 348 g/mol. The number of halogens is 1. The molecule has 3 aromatic heterocycles. The summed E-state index contributed by atoms with van der Waals surface area (Å²) in [7, 11) is 0. The van der Waals surface area contributed by atoms with Gasteiger partial charge in [-0.05, 0) is 38.1 Å². The third-order valence-electron chi connectivity index (χ3n) is 4.04. The van der Waals surface area contributed by atoms with E-state index < -0.39 is 0 Å². The largest absolute Gasteiger partial charge is 0.478 e. The van der Waals surface area contributed by atoms with Crippen LogP contribution < -0.4 is 4.74 Å². The summed E-state index contributed by atoms with van der Waals surface area (Å²) >= 11 is 6.14. The highest BCUT2D eigenvalue weighted by Gasteiger charge is 2.18. The number of aryl methyl sites for hydroxylation is 1. The summed E-state index contributed by atoms with van der Waals surface area (Å²) in [5, 5.41) is 4.86.